The Morgan fingerprint density at radius 1 is 1.17 bits per heavy atom. The van der Waals surface area contributed by atoms with Crippen LogP contribution in [0.2, 0.25) is 0 Å². The van der Waals surface area contributed by atoms with Crippen LogP contribution in [0.5, 0.6) is 0 Å². The van der Waals surface area contributed by atoms with Crippen LogP contribution in [0.3, 0.4) is 0 Å². The van der Waals surface area contributed by atoms with E-state index in [1.165, 1.54) is 0 Å². The van der Waals surface area contributed by atoms with Crippen LogP contribution in [0.1, 0.15) is 53.9 Å². The van der Waals surface area contributed by atoms with Gasteiger partial charge in [0.15, 0.2) is 0 Å². The molecule has 140 valence electrons. The summed E-state index contributed by atoms with van der Waals surface area (Å²) in [5, 5.41) is 11.6. The number of hydrogen-bond acceptors (Lipinski definition) is 7. The van der Waals surface area contributed by atoms with E-state index in [1.54, 1.807) is 20.8 Å². The minimum Gasteiger partial charge on any atom is -0.464 e. The number of rotatable bonds is 10. The van der Waals surface area contributed by atoms with Crippen molar-refractivity contribution in [2.45, 2.75) is 65.5 Å². The number of alkyl carbamates (subject to hydrolysis) is 1. The van der Waals surface area contributed by atoms with Gasteiger partial charge in [0.2, 0.25) is 0 Å². The summed E-state index contributed by atoms with van der Waals surface area (Å²) >= 11 is 0. The average Bonchev–Trinajstić information content (AvgIpc) is 2.38. The van der Waals surface area contributed by atoms with Crippen molar-refractivity contribution in [1.82, 2.24) is 5.32 Å². The van der Waals surface area contributed by atoms with Gasteiger partial charge in [-0.1, -0.05) is 13.8 Å². The lowest BCUT2D eigenvalue weighted by molar-refractivity contribution is -0.757. The number of nitrogens with one attached hydrogen (secondary N) is 1. The third kappa shape index (κ3) is 12.5. The minimum atomic E-state index is -0.866. The largest absolute Gasteiger partial charge is 0.464 e. The average molecular weight is 348 g/mol. The molecule has 9 heteroatoms. The normalized spacial score (nSPS) is 12.4. The zero-order valence-corrected chi connectivity index (χ0v) is 15.0. The molecule has 1 amide bonds. The van der Waals surface area contributed by atoms with Crippen molar-refractivity contribution in [3.05, 3.63) is 10.1 Å². The molecule has 1 unspecified atom stereocenters. The summed E-state index contributed by atoms with van der Waals surface area (Å²) in [6, 6.07) is -0.796. The summed E-state index contributed by atoms with van der Waals surface area (Å²) in [4.78, 5) is 38.0. The maximum absolute atomic E-state index is 12.1. The van der Waals surface area contributed by atoms with Gasteiger partial charge in [-0.05, 0) is 46.0 Å². The SMILES string of the molecule is CC(C)CC(NC(=O)OC(C)(C)C)C(=O)OCCCCO[N+](=O)[O-]. The maximum Gasteiger partial charge on any atom is 0.408 e. The van der Waals surface area contributed by atoms with Crippen molar-refractivity contribution in [2.24, 2.45) is 5.92 Å². The third-order valence-corrected chi connectivity index (χ3v) is 2.66. The summed E-state index contributed by atoms with van der Waals surface area (Å²) in [5.74, 6) is -0.379. The second kappa shape index (κ2) is 10.7. The summed E-state index contributed by atoms with van der Waals surface area (Å²) < 4.78 is 10.3. The number of esters is 1. The molecule has 0 aromatic heterocycles. The first-order valence-corrected chi connectivity index (χ1v) is 7.94. The topological polar surface area (TPSA) is 117 Å². The molecule has 0 saturated heterocycles. The lowest BCUT2D eigenvalue weighted by Gasteiger charge is -2.23. The van der Waals surface area contributed by atoms with E-state index in [2.05, 4.69) is 10.2 Å². The van der Waals surface area contributed by atoms with Crippen LogP contribution in [-0.2, 0) is 19.1 Å². The molecule has 0 aromatic rings. The fraction of sp³-hybridized carbons (Fsp3) is 0.867. The van der Waals surface area contributed by atoms with Crippen molar-refractivity contribution < 1.29 is 29.0 Å². The highest BCUT2D eigenvalue weighted by atomic mass is 16.9. The Morgan fingerprint density at radius 3 is 2.25 bits per heavy atom. The number of carbonyl (C=O) groups excluding carboxylic acids is 2. The van der Waals surface area contributed by atoms with Gasteiger partial charge >= 0.3 is 12.1 Å². The van der Waals surface area contributed by atoms with E-state index in [4.69, 9.17) is 9.47 Å². The summed E-state index contributed by atoms with van der Waals surface area (Å²) in [5.41, 5.74) is -0.659. The van der Waals surface area contributed by atoms with E-state index in [-0.39, 0.29) is 19.1 Å². The number of nitrogens with zero attached hydrogens (tertiary/aromatic N) is 1. The fourth-order valence-electron chi connectivity index (χ4n) is 1.75. The van der Waals surface area contributed by atoms with Gasteiger partial charge in [0.1, 0.15) is 11.6 Å². The number of unbranched alkanes of at least 4 members (excludes halogenated alkanes) is 1. The Labute approximate surface area is 142 Å². The number of hydrogen-bond donors (Lipinski definition) is 1. The molecule has 0 bridgehead atoms. The van der Waals surface area contributed by atoms with Crippen LogP contribution in [0.15, 0.2) is 0 Å². The Kier molecular flexibility index (Phi) is 9.75. The van der Waals surface area contributed by atoms with E-state index in [0.29, 0.717) is 19.3 Å². The van der Waals surface area contributed by atoms with Crippen molar-refractivity contribution >= 4 is 12.1 Å². The molecule has 1 atom stereocenters. The Hall–Kier alpha value is -2.06. The van der Waals surface area contributed by atoms with Crippen molar-refractivity contribution in [3.8, 4) is 0 Å². The molecule has 9 nitrogen and oxygen atoms in total. The molecule has 0 spiro atoms. The lowest BCUT2D eigenvalue weighted by Crippen LogP contribution is -2.45. The molecule has 0 radical (unpaired) electrons. The van der Waals surface area contributed by atoms with Gasteiger partial charge < -0.3 is 19.6 Å². The summed E-state index contributed by atoms with van der Waals surface area (Å²) in [6.07, 6.45) is 0.565. The number of carbonyl (C=O) groups is 2. The fourth-order valence-corrected chi connectivity index (χ4v) is 1.75. The molecule has 24 heavy (non-hydrogen) atoms. The number of amides is 1. The smallest absolute Gasteiger partial charge is 0.408 e. The molecular weight excluding hydrogens is 320 g/mol. The second-order valence-corrected chi connectivity index (χ2v) is 6.76. The van der Waals surface area contributed by atoms with Crippen molar-refractivity contribution in [2.75, 3.05) is 13.2 Å². The van der Waals surface area contributed by atoms with Crippen LogP contribution in [-0.4, -0.2) is 42.0 Å². The maximum atomic E-state index is 12.1. The Bertz CT molecular complexity index is 419. The van der Waals surface area contributed by atoms with E-state index in [1.807, 2.05) is 13.8 Å². The first kappa shape index (κ1) is 21.9. The lowest BCUT2D eigenvalue weighted by atomic mass is 10.0. The highest BCUT2D eigenvalue weighted by Crippen LogP contribution is 2.10. The molecule has 0 fully saturated rings. The van der Waals surface area contributed by atoms with Crippen molar-refractivity contribution in [3.63, 3.8) is 0 Å². The third-order valence-electron chi connectivity index (χ3n) is 2.66. The molecule has 0 heterocycles. The van der Waals surface area contributed by atoms with Gasteiger partial charge in [0.25, 0.3) is 5.09 Å². The molecule has 0 aliphatic rings. The van der Waals surface area contributed by atoms with E-state index in [0.717, 1.165) is 0 Å². The standard InChI is InChI=1S/C15H28N2O7/c1-11(2)10-12(16-14(19)24-15(3,4)5)13(18)22-8-6-7-9-23-17(20)21/h11-12H,6-10H2,1-5H3,(H,16,19). The van der Waals surface area contributed by atoms with Crippen LogP contribution in [0, 0.1) is 16.0 Å². The zero-order chi connectivity index (χ0) is 18.8. The molecular formula is C15H28N2O7. The molecule has 0 rings (SSSR count). The van der Waals surface area contributed by atoms with Gasteiger partial charge in [-0.3, -0.25) is 0 Å². The molecule has 0 aliphatic heterocycles. The quantitative estimate of drug-likeness (QED) is 0.279. The molecule has 0 aliphatic carbocycles. The summed E-state index contributed by atoms with van der Waals surface area (Å²) in [7, 11) is 0. The monoisotopic (exact) mass is 348 g/mol. The number of ether oxygens (including phenoxy) is 2. The molecule has 0 aromatic carbocycles. The minimum absolute atomic E-state index is 0.0455. The van der Waals surface area contributed by atoms with Gasteiger partial charge in [0.05, 0.1) is 13.2 Å². The Morgan fingerprint density at radius 2 is 1.75 bits per heavy atom. The first-order chi connectivity index (χ1) is 11.0. The highest BCUT2D eigenvalue weighted by Gasteiger charge is 2.26. The van der Waals surface area contributed by atoms with Crippen molar-refractivity contribution in [1.29, 1.82) is 0 Å². The molecule has 1 N–H and O–H groups in total. The van der Waals surface area contributed by atoms with Gasteiger partial charge in [-0.15, -0.1) is 10.1 Å². The van der Waals surface area contributed by atoms with Gasteiger partial charge in [-0.2, -0.15) is 0 Å². The van der Waals surface area contributed by atoms with Crippen LogP contribution >= 0.6 is 0 Å². The highest BCUT2D eigenvalue weighted by molar-refractivity contribution is 5.81. The van der Waals surface area contributed by atoms with Crippen LogP contribution in [0.4, 0.5) is 4.79 Å². The Balaban J connectivity index is 4.30. The molecule has 0 saturated carbocycles. The zero-order valence-electron chi connectivity index (χ0n) is 15.0. The van der Waals surface area contributed by atoms with E-state index < -0.39 is 28.8 Å². The van der Waals surface area contributed by atoms with Crippen LogP contribution in [0.25, 0.3) is 0 Å². The van der Waals surface area contributed by atoms with Crippen LogP contribution < -0.4 is 5.32 Å². The van der Waals surface area contributed by atoms with Gasteiger partial charge in [-0.25, -0.2) is 9.59 Å². The predicted octanol–water partition coefficient (Wildman–Crippen LogP) is 2.46. The van der Waals surface area contributed by atoms with E-state index >= 15 is 0 Å². The second-order valence-electron chi connectivity index (χ2n) is 6.76. The van der Waals surface area contributed by atoms with E-state index in [9.17, 15) is 19.7 Å². The summed E-state index contributed by atoms with van der Waals surface area (Å²) in [6.45, 7) is 9.10. The predicted molar refractivity (Wildman–Crippen MR) is 85.8 cm³/mol. The first-order valence-electron chi connectivity index (χ1n) is 7.94. The van der Waals surface area contributed by atoms with Gasteiger partial charge in [0, 0.05) is 0 Å².